The van der Waals surface area contributed by atoms with Crippen LogP contribution in [0.1, 0.15) is 17.2 Å². The van der Waals surface area contributed by atoms with Gasteiger partial charge in [0.25, 0.3) is 0 Å². The van der Waals surface area contributed by atoms with Crippen LogP contribution in [0.25, 0.3) is 0 Å². The highest BCUT2D eigenvalue weighted by Gasteiger charge is 2.14. The monoisotopic (exact) mass is 290 g/mol. The molecule has 0 radical (unpaired) electrons. The zero-order valence-electron chi connectivity index (χ0n) is 12.1. The fourth-order valence-corrected chi connectivity index (χ4v) is 2.29. The molecule has 0 bridgehead atoms. The van der Waals surface area contributed by atoms with Crippen LogP contribution in [0.3, 0.4) is 0 Å². The SMILES string of the molecule is CN(CCc1ccccc1)CC(N)c1ccc(F)cc1F. The Balaban J connectivity index is 1.88. The van der Waals surface area contributed by atoms with Gasteiger partial charge in [-0.05, 0) is 25.1 Å². The quantitative estimate of drug-likeness (QED) is 0.885. The van der Waals surface area contributed by atoms with E-state index in [1.807, 2.05) is 25.2 Å². The largest absolute Gasteiger partial charge is 0.323 e. The van der Waals surface area contributed by atoms with Crippen molar-refractivity contribution in [3.8, 4) is 0 Å². The second kappa shape index (κ2) is 7.29. The predicted octanol–water partition coefficient (Wildman–Crippen LogP) is 3.14. The van der Waals surface area contributed by atoms with Gasteiger partial charge >= 0.3 is 0 Å². The summed E-state index contributed by atoms with van der Waals surface area (Å²) in [5.41, 5.74) is 7.62. The molecule has 0 aliphatic carbocycles. The van der Waals surface area contributed by atoms with E-state index in [0.29, 0.717) is 12.1 Å². The zero-order valence-corrected chi connectivity index (χ0v) is 12.1. The summed E-state index contributed by atoms with van der Waals surface area (Å²) >= 11 is 0. The molecule has 2 N–H and O–H groups in total. The highest BCUT2D eigenvalue weighted by Crippen LogP contribution is 2.17. The summed E-state index contributed by atoms with van der Waals surface area (Å²) in [7, 11) is 1.95. The third-order valence-electron chi connectivity index (χ3n) is 3.50. The van der Waals surface area contributed by atoms with E-state index in [9.17, 15) is 8.78 Å². The molecular weight excluding hydrogens is 270 g/mol. The summed E-state index contributed by atoms with van der Waals surface area (Å²) in [4.78, 5) is 2.06. The van der Waals surface area contributed by atoms with Gasteiger partial charge in [0, 0.05) is 30.8 Å². The van der Waals surface area contributed by atoms with Crippen LogP contribution in [-0.4, -0.2) is 25.0 Å². The van der Waals surface area contributed by atoms with Crippen molar-refractivity contribution in [3.05, 3.63) is 71.3 Å². The minimum Gasteiger partial charge on any atom is -0.323 e. The number of hydrogen-bond donors (Lipinski definition) is 1. The Hall–Kier alpha value is -1.78. The van der Waals surface area contributed by atoms with Crippen LogP contribution in [0.4, 0.5) is 8.78 Å². The lowest BCUT2D eigenvalue weighted by Gasteiger charge is -2.22. The van der Waals surface area contributed by atoms with E-state index >= 15 is 0 Å². The Morgan fingerprint density at radius 1 is 1.10 bits per heavy atom. The molecule has 1 atom stereocenters. The average Bonchev–Trinajstić information content (AvgIpc) is 2.46. The fraction of sp³-hybridized carbons (Fsp3) is 0.294. The van der Waals surface area contributed by atoms with Gasteiger partial charge < -0.3 is 10.6 Å². The lowest BCUT2D eigenvalue weighted by molar-refractivity contribution is 0.313. The van der Waals surface area contributed by atoms with E-state index in [1.54, 1.807) is 0 Å². The summed E-state index contributed by atoms with van der Waals surface area (Å²) in [6.45, 7) is 1.36. The first-order chi connectivity index (χ1) is 10.1. The normalized spacial score (nSPS) is 12.6. The van der Waals surface area contributed by atoms with E-state index < -0.39 is 17.7 Å². The Labute approximate surface area is 124 Å². The molecule has 2 nitrogen and oxygen atoms in total. The second-order valence-corrected chi connectivity index (χ2v) is 5.27. The Bertz CT molecular complexity index is 572. The van der Waals surface area contributed by atoms with Gasteiger partial charge in [0.05, 0.1) is 0 Å². The molecule has 0 aromatic heterocycles. The molecule has 2 rings (SSSR count). The van der Waals surface area contributed by atoms with Gasteiger partial charge in [0.2, 0.25) is 0 Å². The van der Waals surface area contributed by atoms with Crippen molar-refractivity contribution in [2.75, 3.05) is 20.1 Å². The van der Waals surface area contributed by atoms with E-state index in [1.165, 1.54) is 17.7 Å². The van der Waals surface area contributed by atoms with E-state index in [4.69, 9.17) is 5.73 Å². The summed E-state index contributed by atoms with van der Waals surface area (Å²) in [6, 6.07) is 13.2. The van der Waals surface area contributed by atoms with E-state index in [0.717, 1.165) is 19.0 Å². The van der Waals surface area contributed by atoms with Gasteiger partial charge in [-0.25, -0.2) is 8.78 Å². The van der Waals surface area contributed by atoms with E-state index in [-0.39, 0.29) is 0 Å². The smallest absolute Gasteiger partial charge is 0.130 e. The second-order valence-electron chi connectivity index (χ2n) is 5.27. The maximum absolute atomic E-state index is 13.7. The molecule has 1 unspecified atom stereocenters. The van der Waals surface area contributed by atoms with Crippen molar-refractivity contribution >= 4 is 0 Å². The van der Waals surface area contributed by atoms with Crippen molar-refractivity contribution < 1.29 is 8.78 Å². The highest BCUT2D eigenvalue weighted by atomic mass is 19.1. The summed E-state index contributed by atoms with van der Waals surface area (Å²) in [5.74, 6) is -1.17. The molecule has 0 fully saturated rings. The third-order valence-corrected chi connectivity index (χ3v) is 3.50. The Morgan fingerprint density at radius 3 is 2.48 bits per heavy atom. The lowest BCUT2D eigenvalue weighted by Crippen LogP contribution is -2.31. The molecule has 0 aliphatic rings. The van der Waals surface area contributed by atoms with Gasteiger partial charge in [-0.2, -0.15) is 0 Å². The number of hydrogen-bond acceptors (Lipinski definition) is 2. The van der Waals surface area contributed by atoms with Gasteiger partial charge in [-0.15, -0.1) is 0 Å². The predicted molar refractivity (Wildman–Crippen MR) is 80.9 cm³/mol. The van der Waals surface area contributed by atoms with Gasteiger partial charge in [-0.3, -0.25) is 0 Å². The molecule has 112 valence electrons. The van der Waals surface area contributed by atoms with Crippen LogP contribution >= 0.6 is 0 Å². The molecule has 0 saturated carbocycles. The lowest BCUT2D eigenvalue weighted by atomic mass is 10.1. The van der Waals surface area contributed by atoms with Crippen LogP contribution in [0.5, 0.6) is 0 Å². The molecule has 0 heterocycles. The molecule has 4 heteroatoms. The molecular formula is C17H20F2N2. The van der Waals surface area contributed by atoms with Crippen molar-refractivity contribution in [3.63, 3.8) is 0 Å². The number of nitrogens with zero attached hydrogens (tertiary/aromatic N) is 1. The molecule has 0 spiro atoms. The average molecular weight is 290 g/mol. The molecule has 0 aliphatic heterocycles. The summed E-state index contributed by atoms with van der Waals surface area (Å²) < 4.78 is 26.6. The van der Waals surface area contributed by atoms with Crippen LogP contribution in [0.15, 0.2) is 48.5 Å². The topological polar surface area (TPSA) is 29.3 Å². The number of likely N-dealkylation sites (N-methyl/N-ethyl adjacent to an activating group) is 1. The number of rotatable bonds is 6. The number of halogens is 2. The van der Waals surface area contributed by atoms with Crippen LogP contribution < -0.4 is 5.73 Å². The first-order valence-corrected chi connectivity index (χ1v) is 6.99. The van der Waals surface area contributed by atoms with Crippen molar-refractivity contribution in [1.82, 2.24) is 4.90 Å². The minimum atomic E-state index is -0.584. The van der Waals surface area contributed by atoms with Gasteiger partial charge in [-0.1, -0.05) is 36.4 Å². The highest BCUT2D eigenvalue weighted by molar-refractivity contribution is 5.22. The molecule has 21 heavy (non-hydrogen) atoms. The Morgan fingerprint density at radius 2 is 1.81 bits per heavy atom. The number of benzene rings is 2. The summed E-state index contributed by atoms with van der Waals surface area (Å²) in [5, 5.41) is 0. The maximum atomic E-state index is 13.7. The van der Waals surface area contributed by atoms with Gasteiger partial charge in [0.15, 0.2) is 0 Å². The van der Waals surface area contributed by atoms with Crippen molar-refractivity contribution in [1.29, 1.82) is 0 Å². The van der Waals surface area contributed by atoms with Crippen LogP contribution in [0, 0.1) is 11.6 Å². The maximum Gasteiger partial charge on any atom is 0.130 e. The van der Waals surface area contributed by atoms with E-state index in [2.05, 4.69) is 17.0 Å². The van der Waals surface area contributed by atoms with Crippen LogP contribution in [0.2, 0.25) is 0 Å². The minimum absolute atomic E-state index is 0.350. The Kier molecular flexibility index (Phi) is 5.42. The first-order valence-electron chi connectivity index (χ1n) is 6.99. The molecule has 0 amide bonds. The summed E-state index contributed by atoms with van der Waals surface area (Å²) in [6.07, 6.45) is 0.913. The number of nitrogens with two attached hydrogens (primary N) is 1. The first kappa shape index (κ1) is 15.6. The fourth-order valence-electron chi connectivity index (χ4n) is 2.29. The van der Waals surface area contributed by atoms with Gasteiger partial charge in [0.1, 0.15) is 11.6 Å². The molecule has 0 saturated heterocycles. The van der Waals surface area contributed by atoms with Crippen molar-refractivity contribution in [2.45, 2.75) is 12.5 Å². The van der Waals surface area contributed by atoms with Crippen molar-refractivity contribution in [2.24, 2.45) is 5.73 Å². The molecule has 2 aromatic rings. The van der Waals surface area contributed by atoms with Crippen LogP contribution in [-0.2, 0) is 6.42 Å². The third kappa shape index (κ3) is 4.62. The zero-order chi connectivity index (χ0) is 15.2. The standard InChI is InChI=1S/C17H20F2N2/c1-21(10-9-13-5-3-2-4-6-13)12-17(20)15-8-7-14(18)11-16(15)19/h2-8,11,17H,9-10,12,20H2,1H3. The molecule has 2 aromatic carbocycles.